The second-order valence-electron chi connectivity index (χ2n) is 4.30. The van der Waals surface area contributed by atoms with Gasteiger partial charge in [0.2, 0.25) is 5.91 Å². The van der Waals surface area contributed by atoms with Crippen molar-refractivity contribution in [2.75, 3.05) is 32.7 Å². The van der Waals surface area contributed by atoms with Crippen molar-refractivity contribution in [3.05, 3.63) is 12.2 Å². The Hall–Kier alpha value is -1.89. The molecule has 0 unspecified atom stereocenters. The van der Waals surface area contributed by atoms with Crippen LogP contribution in [0.15, 0.2) is 12.2 Å². The molecule has 0 saturated carbocycles. The molecular weight excluding hydrogens is 252 g/mol. The number of nitrogens with zero attached hydrogens (tertiary/aromatic N) is 2. The number of rotatable bonds is 9. The van der Waals surface area contributed by atoms with Crippen molar-refractivity contribution in [3.8, 4) is 0 Å². The SMILES string of the molecule is C=C(C)CN(CC)C(=O)CN(CC(=O)O)CC(=O)O. The second kappa shape index (κ2) is 8.25. The summed E-state index contributed by atoms with van der Waals surface area (Å²) in [7, 11) is 0. The third kappa shape index (κ3) is 7.93. The van der Waals surface area contributed by atoms with Gasteiger partial charge < -0.3 is 15.1 Å². The molecule has 0 atom stereocenters. The standard InChI is InChI=1S/C12H20N2O5/c1-4-14(5-9(2)3)10(15)6-13(7-11(16)17)8-12(18)19/h2,4-8H2,1,3H3,(H,16,17)(H,18,19). The zero-order valence-electron chi connectivity index (χ0n) is 11.3. The minimum atomic E-state index is -1.17. The van der Waals surface area contributed by atoms with E-state index < -0.39 is 25.0 Å². The summed E-state index contributed by atoms with van der Waals surface area (Å²) in [6.45, 7) is 6.91. The lowest BCUT2D eigenvalue weighted by Gasteiger charge is -2.25. The number of amides is 1. The number of aliphatic carboxylic acids is 2. The second-order valence-corrected chi connectivity index (χ2v) is 4.30. The van der Waals surface area contributed by atoms with Crippen molar-refractivity contribution in [2.45, 2.75) is 13.8 Å². The van der Waals surface area contributed by atoms with Crippen molar-refractivity contribution < 1.29 is 24.6 Å². The summed E-state index contributed by atoms with van der Waals surface area (Å²) in [4.78, 5) is 35.7. The first-order valence-corrected chi connectivity index (χ1v) is 5.84. The monoisotopic (exact) mass is 272 g/mol. The van der Waals surface area contributed by atoms with E-state index in [-0.39, 0.29) is 12.5 Å². The molecule has 0 aromatic carbocycles. The van der Waals surface area contributed by atoms with E-state index >= 15 is 0 Å². The van der Waals surface area contributed by atoms with Crippen molar-refractivity contribution in [1.82, 2.24) is 9.80 Å². The Kier molecular flexibility index (Phi) is 7.43. The number of hydrogen-bond donors (Lipinski definition) is 2. The molecule has 7 nitrogen and oxygen atoms in total. The van der Waals surface area contributed by atoms with Crippen LogP contribution in [0.1, 0.15) is 13.8 Å². The number of carbonyl (C=O) groups excluding carboxylic acids is 1. The van der Waals surface area contributed by atoms with Crippen LogP contribution in [0.5, 0.6) is 0 Å². The smallest absolute Gasteiger partial charge is 0.317 e. The highest BCUT2D eigenvalue weighted by Gasteiger charge is 2.20. The quantitative estimate of drug-likeness (QED) is 0.568. The third-order valence-corrected chi connectivity index (χ3v) is 2.27. The van der Waals surface area contributed by atoms with Gasteiger partial charge in [0.05, 0.1) is 19.6 Å². The molecule has 0 rings (SSSR count). The first-order valence-electron chi connectivity index (χ1n) is 5.84. The molecule has 0 aliphatic rings. The number of carbonyl (C=O) groups is 3. The van der Waals surface area contributed by atoms with Crippen LogP contribution in [0.4, 0.5) is 0 Å². The minimum Gasteiger partial charge on any atom is -0.480 e. The van der Waals surface area contributed by atoms with Gasteiger partial charge in [-0.1, -0.05) is 12.2 Å². The van der Waals surface area contributed by atoms with Gasteiger partial charge in [0.15, 0.2) is 0 Å². The molecule has 2 N–H and O–H groups in total. The van der Waals surface area contributed by atoms with Gasteiger partial charge in [-0.15, -0.1) is 0 Å². The predicted octanol–water partition coefficient (Wildman–Crippen LogP) is -0.118. The molecule has 7 heteroatoms. The molecule has 0 aliphatic heterocycles. The van der Waals surface area contributed by atoms with E-state index in [2.05, 4.69) is 6.58 Å². The van der Waals surface area contributed by atoms with E-state index in [4.69, 9.17) is 10.2 Å². The molecule has 0 radical (unpaired) electrons. The average molecular weight is 272 g/mol. The lowest BCUT2D eigenvalue weighted by Crippen LogP contribution is -2.44. The summed E-state index contributed by atoms with van der Waals surface area (Å²) >= 11 is 0. The first kappa shape index (κ1) is 17.1. The maximum Gasteiger partial charge on any atom is 0.317 e. The summed E-state index contributed by atoms with van der Waals surface area (Å²) in [5, 5.41) is 17.4. The molecule has 108 valence electrons. The Balaban J connectivity index is 4.61. The van der Waals surface area contributed by atoms with Crippen LogP contribution in [-0.4, -0.2) is 70.6 Å². The summed E-state index contributed by atoms with van der Waals surface area (Å²) in [5.41, 5.74) is 0.804. The Bertz CT molecular complexity index is 351. The molecule has 0 aromatic rings. The van der Waals surface area contributed by atoms with Gasteiger partial charge in [-0.2, -0.15) is 0 Å². The fraction of sp³-hybridized carbons (Fsp3) is 0.583. The zero-order valence-corrected chi connectivity index (χ0v) is 11.3. The Labute approximate surface area is 112 Å². The molecule has 19 heavy (non-hydrogen) atoms. The minimum absolute atomic E-state index is 0.236. The van der Waals surface area contributed by atoms with E-state index in [0.29, 0.717) is 13.1 Å². The topological polar surface area (TPSA) is 98.2 Å². The van der Waals surface area contributed by atoms with Gasteiger partial charge in [0, 0.05) is 13.1 Å². The summed E-state index contributed by atoms with van der Waals surface area (Å²) < 4.78 is 0. The summed E-state index contributed by atoms with van der Waals surface area (Å²) in [6, 6.07) is 0. The maximum atomic E-state index is 11.9. The number of carboxylic acids is 2. The van der Waals surface area contributed by atoms with E-state index in [1.165, 1.54) is 4.90 Å². The normalized spacial score (nSPS) is 10.3. The highest BCUT2D eigenvalue weighted by molar-refractivity contribution is 5.80. The molecule has 0 aliphatic carbocycles. The van der Waals surface area contributed by atoms with E-state index in [0.717, 1.165) is 10.5 Å². The van der Waals surface area contributed by atoms with Crippen molar-refractivity contribution in [1.29, 1.82) is 0 Å². The lowest BCUT2D eigenvalue weighted by molar-refractivity contribution is -0.143. The summed E-state index contributed by atoms with van der Waals surface area (Å²) in [6.07, 6.45) is 0. The number of hydrogen-bond acceptors (Lipinski definition) is 4. The lowest BCUT2D eigenvalue weighted by atomic mass is 10.3. The van der Waals surface area contributed by atoms with Gasteiger partial charge in [0.1, 0.15) is 0 Å². The van der Waals surface area contributed by atoms with Crippen LogP contribution in [-0.2, 0) is 14.4 Å². The summed E-state index contributed by atoms with van der Waals surface area (Å²) in [5.74, 6) is -2.65. The molecule has 1 amide bonds. The largest absolute Gasteiger partial charge is 0.480 e. The highest BCUT2D eigenvalue weighted by atomic mass is 16.4. The molecule has 0 aromatic heterocycles. The van der Waals surface area contributed by atoms with Gasteiger partial charge in [-0.3, -0.25) is 19.3 Å². The van der Waals surface area contributed by atoms with Crippen LogP contribution < -0.4 is 0 Å². The number of carboxylic acid groups (broad SMARTS) is 2. The van der Waals surface area contributed by atoms with Crippen LogP contribution >= 0.6 is 0 Å². The molecule has 0 bridgehead atoms. The predicted molar refractivity (Wildman–Crippen MR) is 68.8 cm³/mol. The van der Waals surface area contributed by atoms with Gasteiger partial charge in [-0.25, -0.2) is 0 Å². The maximum absolute atomic E-state index is 11.9. The molecule has 0 fully saturated rings. The van der Waals surface area contributed by atoms with E-state index in [9.17, 15) is 14.4 Å². The van der Waals surface area contributed by atoms with E-state index in [1.54, 1.807) is 13.8 Å². The number of likely N-dealkylation sites (N-methyl/N-ethyl adjacent to an activating group) is 1. The Morgan fingerprint density at radius 3 is 1.79 bits per heavy atom. The van der Waals surface area contributed by atoms with Crippen molar-refractivity contribution in [2.24, 2.45) is 0 Å². The zero-order chi connectivity index (χ0) is 15.0. The first-order chi connectivity index (χ1) is 8.76. The van der Waals surface area contributed by atoms with Crippen LogP contribution in [0, 0.1) is 0 Å². The Morgan fingerprint density at radius 1 is 1.00 bits per heavy atom. The van der Waals surface area contributed by atoms with Crippen LogP contribution in [0.2, 0.25) is 0 Å². The fourth-order valence-electron chi connectivity index (χ4n) is 1.54. The third-order valence-electron chi connectivity index (χ3n) is 2.27. The molecule has 0 spiro atoms. The highest BCUT2D eigenvalue weighted by Crippen LogP contribution is 1.99. The molecule has 0 saturated heterocycles. The van der Waals surface area contributed by atoms with Crippen LogP contribution in [0.3, 0.4) is 0 Å². The fourth-order valence-corrected chi connectivity index (χ4v) is 1.54. The van der Waals surface area contributed by atoms with Gasteiger partial charge in [-0.05, 0) is 13.8 Å². The van der Waals surface area contributed by atoms with Crippen molar-refractivity contribution >= 4 is 17.8 Å². The van der Waals surface area contributed by atoms with Crippen LogP contribution in [0.25, 0.3) is 0 Å². The molecular formula is C12H20N2O5. The van der Waals surface area contributed by atoms with Crippen molar-refractivity contribution in [3.63, 3.8) is 0 Å². The van der Waals surface area contributed by atoms with E-state index in [1.807, 2.05) is 0 Å². The van der Waals surface area contributed by atoms with Gasteiger partial charge >= 0.3 is 11.9 Å². The average Bonchev–Trinajstić information content (AvgIpc) is 2.23. The Morgan fingerprint density at radius 2 is 1.47 bits per heavy atom. The molecule has 0 heterocycles. The van der Waals surface area contributed by atoms with Gasteiger partial charge in [0.25, 0.3) is 0 Å².